The smallest absolute Gasteiger partial charge is 0.182 e. The van der Waals surface area contributed by atoms with Crippen LogP contribution in [-0.4, -0.2) is 25.2 Å². The summed E-state index contributed by atoms with van der Waals surface area (Å²) in [5.74, 6) is 0.0692. The van der Waals surface area contributed by atoms with Crippen LogP contribution in [0.4, 0.5) is 0 Å². The van der Waals surface area contributed by atoms with Gasteiger partial charge >= 0.3 is 0 Å². The molecule has 6 heteroatoms. The molecule has 96 valence electrons. The third-order valence-electron chi connectivity index (χ3n) is 2.82. The van der Waals surface area contributed by atoms with Gasteiger partial charge in [0.25, 0.3) is 0 Å². The molecule has 0 saturated heterocycles. The van der Waals surface area contributed by atoms with Crippen molar-refractivity contribution in [1.82, 2.24) is 19.4 Å². The minimum absolute atomic E-state index is 0.0692. The van der Waals surface area contributed by atoms with Crippen LogP contribution in [0.1, 0.15) is 40.6 Å². The molecule has 0 spiro atoms. The second-order valence-electron chi connectivity index (χ2n) is 4.08. The molecule has 0 aliphatic heterocycles. The van der Waals surface area contributed by atoms with Crippen LogP contribution in [0.5, 0.6) is 0 Å². The van der Waals surface area contributed by atoms with Crippen LogP contribution in [0.25, 0.3) is 0 Å². The van der Waals surface area contributed by atoms with E-state index in [1.54, 1.807) is 0 Å². The lowest BCUT2D eigenvalue weighted by molar-refractivity contribution is 0.0993. The normalized spacial score (nSPS) is 10.8. The highest BCUT2D eigenvalue weighted by molar-refractivity contribution is 7.08. The zero-order valence-corrected chi connectivity index (χ0v) is 11.6. The highest BCUT2D eigenvalue weighted by atomic mass is 32.1. The van der Waals surface area contributed by atoms with E-state index in [9.17, 15) is 4.79 Å². The molecule has 5 nitrogen and oxygen atoms in total. The molecule has 0 aliphatic rings. The minimum Gasteiger partial charge on any atom is -0.293 e. The number of carbonyl (C=O) groups is 1. The Kier molecular flexibility index (Phi) is 3.86. The molecule has 2 heterocycles. The minimum atomic E-state index is 0.0692. The monoisotopic (exact) mass is 264 g/mol. The molecule has 0 amide bonds. The van der Waals surface area contributed by atoms with E-state index in [2.05, 4.69) is 21.6 Å². The Hall–Kier alpha value is -1.56. The first-order chi connectivity index (χ1) is 8.65. The summed E-state index contributed by atoms with van der Waals surface area (Å²) in [6.07, 6.45) is 1.25. The molecule has 0 aromatic carbocycles. The fraction of sp³-hybridized carbons (Fsp3) is 0.500. The van der Waals surface area contributed by atoms with E-state index in [1.807, 2.05) is 24.6 Å². The Bertz CT molecular complexity index is 558. The zero-order valence-electron chi connectivity index (χ0n) is 10.8. The van der Waals surface area contributed by atoms with Crippen LogP contribution >= 0.6 is 11.5 Å². The van der Waals surface area contributed by atoms with Crippen molar-refractivity contribution in [3.63, 3.8) is 0 Å². The summed E-state index contributed by atoms with van der Waals surface area (Å²) in [7, 11) is 0. The van der Waals surface area contributed by atoms with Crippen molar-refractivity contribution in [2.24, 2.45) is 0 Å². The van der Waals surface area contributed by atoms with Crippen molar-refractivity contribution in [1.29, 1.82) is 0 Å². The first-order valence-corrected chi connectivity index (χ1v) is 6.80. The van der Waals surface area contributed by atoms with Crippen molar-refractivity contribution < 1.29 is 4.79 Å². The SMILES string of the molecule is CCc1cc(CC(=O)c2snnc2C)n(CC)n1. The molecular formula is C12H16N4OS. The summed E-state index contributed by atoms with van der Waals surface area (Å²) < 4.78 is 5.69. The Labute approximate surface area is 110 Å². The van der Waals surface area contributed by atoms with Gasteiger partial charge in [-0.05, 0) is 37.9 Å². The fourth-order valence-electron chi connectivity index (χ4n) is 1.84. The van der Waals surface area contributed by atoms with Crippen LogP contribution in [0, 0.1) is 6.92 Å². The zero-order chi connectivity index (χ0) is 13.1. The standard InChI is InChI=1S/C12H16N4OS/c1-4-9-6-10(16(5-2)14-9)7-11(17)12-8(3)13-15-18-12/h6H,4-5,7H2,1-3H3. The number of Topliss-reactive ketones (excluding diaryl/α,β-unsaturated/α-hetero) is 1. The van der Waals surface area contributed by atoms with Gasteiger partial charge in [0.15, 0.2) is 5.78 Å². The molecule has 2 rings (SSSR count). The largest absolute Gasteiger partial charge is 0.293 e. The number of rotatable bonds is 5. The number of carbonyl (C=O) groups excluding carboxylic acids is 1. The van der Waals surface area contributed by atoms with E-state index in [0.29, 0.717) is 17.0 Å². The molecule has 0 N–H and O–H groups in total. The van der Waals surface area contributed by atoms with Gasteiger partial charge < -0.3 is 0 Å². The number of nitrogens with zero attached hydrogens (tertiary/aromatic N) is 4. The van der Waals surface area contributed by atoms with Gasteiger partial charge in [0.1, 0.15) is 4.88 Å². The van der Waals surface area contributed by atoms with Crippen LogP contribution in [0.2, 0.25) is 0 Å². The van der Waals surface area contributed by atoms with E-state index >= 15 is 0 Å². The van der Waals surface area contributed by atoms with Gasteiger partial charge in [-0.3, -0.25) is 9.48 Å². The first-order valence-electron chi connectivity index (χ1n) is 6.03. The van der Waals surface area contributed by atoms with Gasteiger partial charge in [-0.25, -0.2) is 0 Å². The number of hydrogen-bond acceptors (Lipinski definition) is 5. The molecule has 0 aliphatic carbocycles. The number of ketones is 1. The third-order valence-corrected chi connectivity index (χ3v) is 3.69. The Morgan fingerprint density at radius 3 is 2.78 bits per heavy atom. The Morgan fingerprint density at radius 1 is 1.44 bits per heavy atom. The molecule has 2 aromatic rings. The number of hydrogen-bond donors (Lipinski definition) is 0. The van der Waals surface area contributed by atoms with Crippen molar-refractivity contribution in [2.45, 2.75) is 40.2 Å². The summed E-state index contributed by atoms with van der Waals surface area (Å²) in [4.78, 5) is 12.8. The summed E-state index contributed by atoms with van der Waals surface area (Å²) >= 11 is 1.16. The van der Waals surface area contributed by atoms with Gasteiger partial charge in [0.05, 0.1) is 17.8 Å². The Balaban J connectivity index is 2.21. The highest BCUT2D eigenvalue weighted by Gasteiger charge is 2.16. The summed E-state index contributed by atoms with van der Waals surface area (Å²) in [5.41, 5.74) is 2.70. The summed E-state index contributed by atoms with van der Waals surface area (Å²) in [5, 5.41) is 8.31. The lowest BCUT2D eigenvalue weighted by atomic mass is 10.1. The van der Waals surface area contributed by atoms with Gasteiger partial charge in [-0.1, -0.05) is 11.4 Å². The fourth-order valence-corrected chi connectivity index (χ4v) is 2.43. The van der Waals surface area contributed by atoms with E-state index in [4.69, 9.17) is 0 Å². The Morgan fingerprint density at radius 2 is 2.22 bits per heavy atom. The van der Waals surface area contributed by atoms with Gasteiger partial charge in [-0.15, -0.1) is 5.10 Å². The third kappa shape index (κ3) is 2.48. The van der Waals surface area contributed by atoms with Gasteiger partial charge in [0, 0.05) is 12.2 Å². The maximum atomic E-state index is 12.2. The topological polar surface area (TPSA) is 60.7 Å². The van der Waals surface area contributed by atoms with Crippen molar-refractivity contribution in [2.75, 3.05) is 0 Å². The lowest BCUT2D eigenvalue weighted by Gasteiger charge is -2.02. The molecule has 18 heavy (non-hydrogen) atoms. The van der Waals surface area contributed by atoms with Crippen molar-refractivity contribution in [3.8, 4) is 0 Å². The molecule has 0 saturated carbocycles. The summed E-state index contributed by atoms with van der Waals surface area (Å²) in [6.45, 7) is 6.68. The summed E-state index contributed by atoms with van der Waals surface area (Å²) in [6, 6.07) is 2.01. The molecule has 0 bridgehead atoms. The predicted octanol–water partition coefficient (Wildman–Crippen LogP) is 2.05. The van der Waals surface area contributed by atoms with E-state index < -0.39 is 0 Å². The van der Waals surface area contributed by atoms with Crippen LogP contribution < -0.4 is 0 Å². The molecule has 2 aromatic heterocycles. The lowest BCUT2D eigenvalue weighted by Crippen LogP contribution is -2.09. The first kappa shape index (κ1) is 12.9. The predicted molar refractivity (Wildman–Crippen MR) is 70.0 cm³/mol. The molecule has 0 fully saturated rings. The number of aromatic nitrogens is 4. The van der Waals surface area contributed by atoms with Gasteiger partial charge in [0.2, 0.25) is 0 Å². The second-order valence-corrected chi connectivity index (χ2v) is 4.84. The van der Waals surface area contributed by atoms with E-state index in [0.717, 1.165) is 35.9 Å². The maximum absolute atomic E-state index is 12.2. The number of aryl methyl sites for hydroxylation is 3. The van der Waals surface area contributed by atoms with Crippen molar-refractivity contribution in [3.05, 3.63) is 28.0 Å². The highest BCUT2D eigenvalue weighted by Crippen LogP contribution is 2.14. The van der Waals surface area contributed by atoms with Crippen molar-refractivity contribution >= 4 is 17.3 Å². The average Bonchev–Trinajstić information content (AvgIpc) is 2.95. The second kappa shape index (κ2) is 5.39. The van der Waals surface area contributed by atoms with Gasteiger partial charge in [-0.2, -0.15) is 5.10 Å². The molecule has 0 radical (unpaired) electrons. The van der Waals surface area contributed by atoms with Crippen LogP contribution in [0.15, 0.2) is 6.07 Å². The molecular weight excluding hydrogens is 248 g/mol. The van der Waals surface area contributed by atoms with E-state index in [1.165, 1.54) is 0 Å². The van der Waals surface area contributed by atoms with Crippen LogP contribution in [0.3, 0.4) is 0 Å². The molecule has 0 unspecified atom stereocenters. The average molecular weight is 264 g/mol. The molecule has 0 atom stereocenters. The van der Waals surface area contributed by atoms with E-state index in [-0.39, 0.29) is 5.78 Å². The van der Waals surface area contributed by atoms with Crippen LogP contribution in [-0.2, 0) is 19.4 Å². The maximum Gasteiger partial charge on any atom is 0.182 e. The quantitative estimate of drug-likeness (QED) is 0.775.